The van der Waals surface area contributed by atoms with E-state index in [0.717, 1.165) is 17.7 Å². The lowest BCUT2D eigenvalue weighted by Crippen LogP contribution is -2.50. The van der Waals surface area contributed by atoms with Crippen LogP contribution in [0.3, 0.4) is 0 Å². The summed E-state index contributed by atoms with van der Waals surface area (Å²) in [7, 11) is 0. The lowest BCUT2D eigenvalue weighted by Gasteiger charge is -2.36. The summed E-state index contributed by atoms with van der Waals surface area (Å²) in [6.07, 6.45) is 1.05. The number of nitro benzene ring substituents is 1. The molecule has 0 spiro atoms. The van der Waals surface area contributed by atoms with E-state index in [9.17, 15) is 19.7 Å². The van der Waals surface area contributed by atoms with Crippen molar-refractivity contribution in [1.82, 2.24) is 4.90 Å². The van der Waals surface area contributed by atoms with Crippen molar-refractivity contribution in [3.63, 3.8) is 0 Å². The van der Waals surface area contributed by atoms with Gasteiger partial charge in [0.2, 0.25) is 11.8 Å². The first-order valence-corrected chi connectivity index (χ1v) is 10.6. The minimum Gasteiger partial charge on any atom is -0.362 e. The predicted octanol–water partition coefficient (Wildman–Crippen LogP) is 2.86. The highest BCUT2D eigenvalue weighted by Crippen LogP contribution is 2.31. The Balaban J connectivity index is 1.41. The Labute approximate surface area is 181 Å². The van der Waals surface area contributed by atoms with Crippen LogP contribution in [-0.2, 0) is 16.0 Å². The van der Waals surface area contributed by atoms with Crippen molar-refractivity contribution in [3.05, 3.63) is 64.2 Å². The molecule has 2 aliphatic rings. The Morgan fingerprint density at radius 3 is 2.35 bits per heavy atom. The smallest absolute Gasteiger partial charge is 0.292 e. The summed E-state index contributed by atoms with van der Waals surface area (Å²) in [5, 5.41) is 11.3. The fourth-order valence-corrected chi connectivity index (χ4v) is 4.49. The largest absolute Gasteiger partial charge is 0.362 e. The summed E-state index contributed by atoms with van der Waals surface area (Å²) in [6.45, 7) is 4.49. The number of carbonyl (C=O) groups is 2. The summed E-state index contributed by atoms with van der Waals surface area (Å²) in [6, 6.07) is 14.5. The number of nitrogens with zero attached hydrogens (tertiary/aromatic N) is 4. The van der Waals surface area contributed by atoms with Gasteiger partial charge in [0.1, 0.15) is 5.69 Å². The number of amides is 2. The fourth-order valence-electron chi connectivity index (χ4n) is 4.49. The minimum absolute atomic E-state index is 0.00737. The average molecular weight is 422 g/mol. The third-order valence-corrected chi connectivity index (χ3v) is 6.15. The summed E-state index contributed by atoms with van der Waals surface area (Å²) < 4.78 is 0. The van der Waals surface area contributed by atoms with Gasteiger partial charge in [0.25, 0.3) is 5.69 Å². The molecule has 2 aliphatic heterocycles. The van der Waals surface area contributed by atoms with Crippen molar-refractivity contribution in [2.24, 2.45) is 5.92 Å². The lowest BCUT2D eigenvalue weighted by atomic mass is 10.1. The van der Waals surface area contributed by atoms with E-state index < -0.39 is 0 Å². The molecule has 2 saturated heterocycles. The molecule has 0 radical (unpaired) electrons. The molecule has 0 N–H and O–H groups in total. The van der Waals surface area contributed by atoms with E-state index in [1.165, 1.54) is 6.07 Å². The first-order chi connectivity index (χ1) is 15.0. The van der Waals surface area contributed by atoms with Crippen LogP contribution in [-0.4, -0.2) is 54.4 Å². The van der Waals surface area contributed by atoms with Crippen LogP contribution in [0.4, 0.5) is 17.1 Å². The quantitative estimate of drug-likeness (QED) is 0.546. The van der Waals surface area contributed by atoms with Gasteiger partial charge in [-0.1, -0.05) is 37.3 Å². The predicted molar refractivity (Wildman–Crippen MR) is 118 cm³/mol. The van der Waals surface area contributed by atoms with E-state index in [1.54, 1.807) is 28.0 Å². The number of rotatable bonds is 5. The molecule has 1 atom stereocenters. The molecule has 1 unspecified atom stereocenters. The van der Waals surface area contributed by atoms with Crippen molar-refractivity contribution in [3.8, 4) is 0 Å². The summed E-state index contributed by atoms with van der Waals surface area (Å²) in [4.78, 5) is 42.2. The standard InChI is InChI=1S/C23H26N4O4/c1-2-17-7-3-4-8-19(17)26-16-18(15-22(26)28)23(29)25-13-11-24(12-14-25)20-9-5-6-10-21(20)27(30)31/h3-10,18H,2,11-16H2,1H3. The third kappa shape index (κ3) is 4.10. The van der Waals surface area contributed by atoms with Gasteiger partial charge in [-0.15, -0.1) is 0 Å². The van der Waals surface area contributed by atoms with Gasteiger partial charge in [-0.3, -0.25) is 19.7 Å². The maximum absolute atomic E-state index is 13.1. The summed E-state index contributed by atoms with van der Waals surface area (Å²) in [5.41, 5.74) is 2.65. The molecule has 0 bridgehead atoms. The number of hydrogen-bond acceptors (Lipinski definition) is 5. The highest BCUT2D eigenvalue weighted by molar-refractivity contribution is 6.00. The van der Waals surface area contributed by atoms with Gasteiger partial charge < -0.3 is 14.7 Å². The van der Waals surface area contributed by atoms with Crippen LogP contribution in [0.2, 0.25) is 0 Å². The first kappa shape index (κ1) is 20.8. The molecule has 0 aromatic heterocycles. The number of para-hydroxylation sites is 3. The number of anilines is 2. The number of benzene rings is 2. The van der Waals surface area contributed by atoms with Gasteiger partial charge in [0, 0.05) is 50.9 Å². The zero-order valence-electron chi connectivity index (χ0n) is 17.6. The van der Waals surface area contributed by atoms with Gasteiger partial charge in [-0.2, -0.15) is 0 Å². The Hall–Kier alpha value is -3.42. The monoisotopic (exact) mass is 422 g/mol. The first-order valence-electron chi connectivity index (χ1n) is 10.6. The van der Waals surface area contributed by atoms with Crippen LogP contribution in [0, 0.1) is 16.0 Å². The third-order valence-electron chi connectivity index (χ3n) is 6.15. The van der Waals surface area contributed by atoms with E-state index >= 15 is 0 Å². The number of nitro groups is 1. The molecular formula is C23H26N4O4. The van der Waals surface area contributed by atoms with Crippen LogP contribution in [0.15, 0.2) is 48.5 Å². The van der Waals surface area contributed by atoms with Gasteiger partial charge in [0.05, 0.1) is 10.8 Å². The molecule has 2 fully saturated rings. The Morgan fingerprint density at radius 1 is 1.03 bits per heavy atom. The number of piperazine rings is 1. The highest BCUT2D eigenvalue weighted by atomic mass is 16.6. The van der Waals surface area contributed by atoms with Gasteiger partial charge in [-0.25, -0.2) is 0 Å². The second-order valence-corrected chi connectivity index (χ2v) is 7.95. The van der Waals surface area contributed by atoms with Crippen molar-refractivity contribution in [1.29, 1.82) is 0 Å². The van der Waals surface area contributed by atoms with Crippen molar-refractivity contribution in [2.45, 2.75) is 19.8 Å². The average Bonchev–Trinajstić information content (AvgIpc) is 3.20. The maximum atomic E-state index is 13.1. The highest BCUT2D eigenvalue weighted by Gasteiger charge is 2.38. The molecule has 8 nitrogen and oxygen atoms in total. The Kier molecular flexibility index (Phi) is 5.88. The van der Waals surface area contributed by atoms with Crippen LogP contribution < -0.4 is 9.80 Å². The van der Waals surface area contributed by atoms with Gasteiger partial charge in [-0.05, 0) is 24.1 Å². The summed E-state index contributed by atoms with van der Waals surface area (Å²) in [5.74, 6) is -0.375. The van der Waals surface area contributed by atoms with E-state index in [1.807, 2.05) is 29.2 Å². The van der Waals surface area contributed by atoms with Crippen molar-refractivity contribution >= 4 is 28.9 Å². The van der Waals surface area contributed by atoms with Crippen molar-refractivity contribution < 1.29 is 14.5 Å². The lowest BCUT2D eigenvalue weighted by molar-refractivity contribution is -0.384. The Bertz CT molecular complexity index is 1000. The fraction of sp³-hybridized carbons (Fsp3) is 0.391. The zero-order chi connectivity index (χ0) is 22.0. The molecule has 0 aliphatic carbocycles. The van der Waals surface area contributed by atoms with E-state index in [2.05, 4.69) is 6.92 Å². The van der Waals surface area contributed by atoms with Crippen LogP contribution in [0.5, 0.6) is 0 Å². The van der Waals surface area contributed by atoms with Crippen molar-refractivity contribution in [2.75, 3.05) is 42.5 Å². The maximum Gasteiger partial charge on any atom is 0.292 e. The van der Waals surface area contributed by atoms with E-state index in [-0.39, 0.29) is 34.8 Å². The molecule has 0 saturated carbocycles. The molecule has 4 rings (SSSR count). The second-order valence-electron chi connectivity index (χ2n) is 7.95. The molecule has 2 aromatic carbocycles. The summed E-state index contributed by atoms with van der Waals surface area (Å²) >= 11 is 0. The number of aryl methyl sites for hydroxylation is 1. The topological polar surface area (TPSA) is 87.0 Å². The molecular weight excluding hydrogens is 396 g/mol. The van der Waals surface area contributed by atoms with Gasteiger partial charge in [0.15, 0.2) is 0 Å². The van der Waals surface area contributed by atoms with E-state index in [0.29, 0.717) is 38.4 Å². The second kappa shape index (κ2) is 8.75. The molecule has 2 aromatic rings. The van der Waals surface area contributed by atoms with Crippen LogP contribution in [0.1, 0.15) is 18.9 Å². The van der Waals surface area contributed by atoms with Crippen LogP contribution in [0.25, 0.3) is 0 Å². The molecule has 162 valence electrons. The molecule has 2 heterocycles. The van der Waals surface area contributed by atoms with Crippen LogP contribution >= 0.6 is 0 Å². The number of carbonyl (C=O) groups excluding carboxylic acids is 2. The SMILES string of the molecule is CCc1ccccc1N1CC(C(=O)N2CCN(c3ccccc3[N+](=O)[O-])CC2)CC1=O. The van der Waals surface area contributed by atoms with Gasteiger partial charge >= 0.3 is 0 Å². The van der Waals surface area contributed by atoms with E-state index in [4.69, 9.17) is 0 Å². The zero-order valence-corrected chi connectivity index (χ0v) is 17.6. The normalized spacial score (nSPS) is 19.1. The molecule has 31 heavy (non-hydrogen) atoms. The minimum atomic E-state index is -0.375. The Morgan fingerprint density at radius 2 is 1.68 bits per heavy atom. The molecule has 8 heteroatoms. The number of hydrogen-bond donors (Lipinski definition) is 0. The molecule has 2 amide bonds.